The first-order valence-corrected chi connectivity index (χ1v) is 4.70. The van der Waals surface area contributed by atoms with Crippen LogP contribution in [0.15, 0.2) is 24.3 Å². The predicted molar refractivity (Wildman–Crippen MR) is 55.0 cm³/mol. The lowest BCUT2D eigenvalue weighted by Crippen LogP contribution is -2.08. The molecule has 1 N–H and O–H groups in total. The summed E-state index contributed by atoms with van der Waals surface area (Å²) in [6.07, 6.45) is 0.445. The molecule has 4 nitrogen and oxygen atoms in total. The number of esters is 1. The van der Waals surface area contributed by atoms with Crippen LogP contribution in [0.2, 0.25) is 0 Å². The van der Waals surface area contributed by atoms with Gasteiger partial charge in [-0.2, -0.15) is 0 Å². The van der Waals surface area contributed by atoms with E-state index in [1.807, 2.05) is 0 Å². The maximum Gasteiger partial charge on any atom is 0.341 e. The molecule has 82 valence electrons. The van der Waals surface area contributed by atoms with Gasteiger partial charge in [-0.3, -0.25) is 0 Å². The second-order valence-corrected chi connectivity index (χ2v) is 2.91. The average Bonchev–Trinajstić information content (AvgIpc) is 2.29. The number of rotatable bonds is 5. The van der Waals surface area contributed by atoms with Gasteiger partial charge in [0, 0.05) is 13.0 Å². The zero-order valence-electron chi connectivity index (χ0n) is 8.60. The summed E-state index contributed by atoms with van der Waals surface area (Å²) < 4.78 is 9.95. The van der Waals surface area contributed by atoms with E-state index in [4.69, 9.17) is 14.6 Å². The summed E-state index contributed by atoms with van der Waals surface area (Å²) in [4.78, 5) is 11.5. The normalized spacial score (nSPS) is 9.73. The van der Waals surface area contributed by atoms with E-state index in [-0.39, 0.29) is 13.2 Å². The van der Waals surface area contributed by atoms with Crippen molar-refractivity contribution in [1.82, 2.24) is 0 Å². The molecule has 0 amide bonds. The van der Waals surface area contributed by atoms with Gasteiger partial charge in [0.15, 0.2) is 0 Å². The topological polar surface area (TPSA) is 55.8 Å². The lowest BCUT2D eigenvalue weighted by Gasteiger charge is -2.07. The molecule has 0 aliphatic heterocycles. The zero-order chi connectivity index (χ0) is 11.1. The molecule has 0 aromatic heterocycles. The molecule has 15 heavy (non-hydrogen) atoms. The van der Waals surface area contributed by atoms with Gasteiger partial charge in [-0.1, -0.05) is 12.1 Å². The van der Waals surface area contributed by atoms with Gasteiger partial charge in [-0.05, 0) is 12.1 Å². The van der Waals surface area contributed by atoms with Gasteiger partial charge in [-0.15, -0.1) is 0 Å². The first kappa shape index (κ1) is 11.5. The SMILES string of the molecule is COc1ccccc1C(=O)OCCCO. The molecule has 0 saturated carbocycles. The molecule has 0 heterocycles. The van der Waals surface area contributed by atoms with E-state index >= 15 is 0 Å². The van der Waals surface area contributed by atoms with Crippen LogP contribution >= 0.6 is 0 Å². The molecule has 1 rings (SSSR count). The van der Waals surface area contributed by atoms with Crippen molar-refractivity contribution in [2.45, 2.75) is 6.42 Å². The van der Waals surface area contributed by atoms with E-state index in [1.165, 1.54) is 7.11 Å². The monoisotopic (exact) mass is 210 g/mol. The van der Waals surface area contributed by atoms with Gasteiger partial charge in [-0.25, -0.2) is 4.79 Å². The second kappa shape index (κ2) is 6.03. The Morgan fingerprint density at radius 3 is 2.80 bits per heavy atom. The van der Waals surface area contributed by atoms with E-state index in [0.29, 0.717) is 17.7 Å². The van der Waals surface area contributed by atoms with Crippen LogP contribution in [-0.2, 0) is 4.74 Å². The number of ether oxygens (including phenoxy) is 2. The minimum atomic E-state index is -0.430. The summed E-state index contributed by atoms with van der Waals surface area (Å²) in [5.74, 6) is 0.0624. The van der Waals surface area contributed by atoms with Crippen LogP contribution in [-0.4, -0.2) is 31.4 Å². The number of carbonyl (C=O) groups excluding carboxylic acids is 1. The molecule has 1 aromatic rings. The smallest absolute Gasteiger partial charge is 0.341 e. The largest absolute Gasteiger partial charge is 0.496 e. The Balaban J connectivity index is 2.64. The van der Waals surface area contributed by atoms with Crippen molar-refractivity contribution in [1.29, 1.82) is 0 Å². The number of aliphatic hydroxyl groups is 1. The summed E-state index contributed by atoms with van der Waals surface area (Å²) in [5, 5.41) is 8.53. The van der Waals surface area contributed by atoms with Crippen molar-refractivity contribution in [3.63, 3.8) is 0 Å². The maximum absolute atomic E-state index is 11.5. The highest BCUT2D eigenvalue weighted by atomic mass is 16.5. The van der Waals surface area contributed by atoms with Crippen LogP contribution < -0.4 is 4.74 Å². The molecule has 0 radical (unpaired) electrons. The van der Waals surface area contributed by atoms with Crippen molar-refractivity contribution in [3.8, 4) is 5.75 Å². The van der Waals surface area contributed by atoms with Crippen molar-refractivity contribution >= 4 is 5.97 Å². The molecule has 0 spiro atoms. The van der Waals surface area contributed by atoms with Gasteiger partial charge >= 0.3 is 5.97 Å². The van der Waals surface area contributed by atoms with Gasteiger partial charge in [0.2, 0.25) is 0 Å². The van der Waals surface area contributed by atoms with E-state index < -0.39 is 5.97 Å². The van der Waals surface area contributed by atoms with Gasteiger partial charge < -0.3 is 14.6 Å². The number of hydrogen-bond acceptors (Lipinski definition) is 4. The Hall–Kier alpha value is -1.55. The molecule has 4 heteroatoms. The lowest BCUT2D eigenvalue weighted by atomic mass is 10.2. The maximum atomic E-state index is 11.5. The highest BCUT2D eigenvalue weighted by molar-refractivity contribution is 5.92. The molecule has 0 aliphatic rings. The average molecular weight is 210 g/mol. The van der Waals surface area contributed by atoms with Crippen LogP contribution in [0.5, 0.6) is 5.75 Å². The number of methoxy groups -OCH3 is 1. The minimum Gasteiger partial charge on any atom is -0.496 e. The Labute approximate surface area is 88.4 Å². The number of para-hydroxylation sites is 1. The molecule has 0 saturated heterocycles. The fourth-order valence-corrected chi connectivity index (χ4v) is 1.12. The van der Waals surface area contributed by atoms with E-state index in [1.54, 1.807) is 24.3 Å². The molecular formula is C11H14O4. The van der Waals surface area contributed by atoms with E-state index in [9.17, 15) is 4.79 Å². The Morgan fingerprint density at radius 2 is 2.13 bits per heavy atom. The molecule has 0 aliphatic carbocycles. The van der Waals surface area contributed by atoms with Crippen molar-refractivity contribution in [2.24, 2.45) is 0 Å². The fourth-order valence-electron chi connectivity index (χ4n) is 1.12. The lowest BCUT2D eigenvalue weighted by molar-refractivity contribution is 0.0478. The first-order valence-electron chi connectivity index (χ1n) is 4.70. The highest BCUT2D eigenvalue weighted by Crippen LogP contribution is 2.17. The summed E-state index contributed by atoms with van der Waals surface area (Å²) in [7, 11) is 1.50. The van der Waals surface area contributed by atoms with Crippen molar-refractivity contribution < 1.29 is 19.4 Å². The minimum absolute atomic E-state index is 0.0131. The first-order chi connectivity index (χ1) is 7.29. The van der Waals surface area contributed by atoms with Crippen LogP contribution in [0, 0.1) is 0 Å². The van der Waals surface area contributed by atoms with Crippen LogP contribution in [0.1, 0.15) is 16.8 Å². The van der Waals surface area contributed by atoms with Gasteiger partial charge in [0.1, 0.15) is 11.3 Å². The molecule has 0 fully saturated rings. The number of carbonyl (C=O) groups is 1. The molecule has 0 atom stereocenters. The standard InChI is InChI=1S/C11H14O4/c1-14-10-6-3-2-5-9(10)11(13)15-8-4-7-12/h2-3,5-6,12H,4,7-8H2,1H3. The van der Waals surface area contributed by atoms with Crippen molar-refractivity contribution in [3.05, 3.63) is 29.8 Å². The third kappa shape index (κ3) is 3.25. The summed E-state index contributed by atoms with van der Waals surface area (Å²) in [5.41, 5.74) is 0.401. The van der Waals surface area contributed by atoms with E-state index in [0.717, 1.165) is 0 Å². The second-order valence-electron chi connectivity index (χ2n) is 2.91. The quantitative estimate of drug-likeness (QED) is 0.586. The van der Waals surface area contributed by atoms with Gasteiger partial charge in [0.05, 0.1) is 13.7 Å². The molecule has 1 aromatic carbocycles. The molecule has 0 bridgehead atoms. The van der Waals surface area contributed by atoms with Crippen LogP contribution in [0.4, 0.5) is 0 Å². The van der Waals surface area contributed by atoms with Crippen LogP contribution in [0.3, 0.4) is 0 Å². The van der Waals surface area contributed by atoms with E-state index in [2.05, 4.69) is 0 Å². The zero-order valence-corrected chi connectivity index (χ0v) is 8.60. The molecular weight excluding hydrogens is 196 g/mol. The van der Waals surface area contributed by atoms with Crippen LogP contribution in [0.25, 0.3) is 0 Å². The summed E-state index contributed by atoms with van der Waals surface area (Å²) in [6.45, 7) is 0.229. The Bertz CT molecular complexity index is 322. The van der Waals surface area contributed by atoms with Crippen molar-refractivity contribution in [2.75, 3.05) is 20.3 Å². The summed E-state index contributed by atoms with van der Waals surface area (Å²) >= 11 is 0. The predicted octanol–water partition coefficient (Wildman–Crippen LogP) is 1.23. The summed E-state index contributed by atoms with van der Waals surface area (Å²) in [6, 6.07) is 6.86. The molecule has 0 unspecified atom stereocenters. The highest BCUT2D eigenvalue weighted by Gasteiger charge is 2.11. The third-order valence-corrected chi connectivity index (χ3v) is 1.86. The Morgan fingerprint density at radius 1 is 1.40 bits per heavy atom. The third-order valence-electron chi connectivity index (χ3n) is 1.86. The fraction of sp³-hybridized carbons (Fsp3) is 0.364. The van der Waals surface area contributed by atoms with Gasteiger partial charge in [0.25, 0.3) is 0 Å². The number of hydrogen-bond donors (Lipinski definition) is 1. The number of aliphatic hydroxyl groups excluding tert-OH is 1. The Kier molecular flexibility index (Phi) is 4.63. The number of benzene rings is 1.